The Hall–Kier alpha value is -3.93. The fourth-order valence-electron chi connectivity index (χ4n) is 3.52. The average molecular weight is 412 g/mol. The van der Waals surface area contributed by atoms with E-state index in [9.17, 15) is 4.79 Å². The van der Waals surface area contributed by atoms with E-state index in [4.69, 9.17) is 9.72 Å². The highest BCUT2D eigenvalue weighted by Gasteiger charge is 2.14. The number of hydrazone groups is 1. The average Bonchev–Trinajstić information content (AvgIpc) is 2.78. The highest BCUT2D eigenvalue weighted by molar-refractivity contribution is 5.99. The Morgan fingerprint density at radius 3 is 2.48 bits per heavy atom. The lowest BCUT2D eigenvalue weighted by atomic mass is 10.1. The van der Waals surface area contributed by atoms with Crippen molar-refractivity contribution < 1.29 is 4.74 Å². The van der Waals surface area contributed by atoms with Crippen LogP contribution in [0, 0.1) is 13.8 Å². The van der Waals surface area contributed by atoms with Crippen LogP contribution < -0.4 is 15.7 Å². The summed E-state index contributed by atoms with van der Waals surface area (Å²) in [5, 5.41) is 5.06. The van der Waals surface area contributed by atoms with Gasteiger partial charge in [0.05, 0.1) is 29.4 Å². The van der Waals surface area contributed by atoms with Gasteiger partial charge in [-0.1, -0.05) is 29.8 Å². The lowest BCUT2D eigenvalue weighted by molar-refractivity contribution is 0.415. The smallest absolute Gasteiger partial charge is 0.267 e. The third-order valence-corrected chi connectivity index (χ3v) is 5.20. The molecule has 0 saturated carbocycles. The maximum absolute atomic E-state index is 13.4. The van der Waals surface area contributed by atoms with Crippen molar-refractivity contribution in [3.8, 4) is 11.4 Å². The number of fused-ring (bicyclic) bond motifs is 1. The molecule has 0 radical (unpaired) electrons. The van der Waals surface area contributed by atoms with Crippen LogP contribution in [0.25, 0.3) is 16.6 Å². The van der Waals surface area contributed by atoms with Gasteiger partial charge in [-0.05, 0) is 74.4 Å². The van der Waals surface area contributed by atoms with Crippen molar-refractivity contribution in [3.05, 3.63) is 93.8 Å². The van der Waals surface area contributed by atoms with Crippen molar-refractivity contribution in [1.29, 1.82) is 0 Å². The molecule has 4 rings (SSSR count). The summed E-state index contributed by atoms with van der Waals surface area (Å²) < 4.78 is 6.80. The van der Waals surface area contributed by atoms with Gasteiger partial charge in [-0.15, -0.1) is 0 Å². The Labute approximate surface area is 180 Å². The maximum atomic E-state index is 13.4. The largest absolute Gasteiger partial charge is 0.497 e. The number of rotatable bonds is 5. The second-order valence-electron chi connectivity index (χ2n) is 7.42. The van der Waals surface area contributed by atoms with Crippen molar-refractivity contribution in [2.45, 2.75) is 20.8 Å². The van der Waals surface area contributed by atoms with Gasteiger partial charge < -0.3 is 4.74 Å². The second kappa shape index (κ2) is 8.44. The van der Waals surface area contributed by atoms with Crippen LogP contribution in [0.4, 0.5) is 5.95 Å². The molecular formula is C25H24N4O2. The molecule has 0 bridgehead atoms. The van der Waals surface area contributed by atoms with Crippen LogP contribution in [0.3, 0.4) is 0 Å². The van der Waals surface area contributed by atoms with Gasteiger partial charge in [0, 0.05) is 0 Å². The van der Waals surface area contributed by atoms with E-state index in [1.54, 1.807) is 17.7 Å². The predicted octanol–water partition coefficient (Wildman–Crippen LogP) is 4.85. The summed E-state index contributed by atoms with van der Waals surface area (Å²) in [4.78, 5) is 18.1. The topological polar surface area (TPSA) is 68.5 Å². The normalized spacial score (nSPS) is 11.5. The van der Waals surface area contributed by atoms with E-state index in [-0.39, 0.29) is 5.56 Å². The summed E-state index contributed by atoms with van der Waals surface area (Å²) in [6.45, 7) is 5.91. The van der Waals surface area contributed by atoms with Crippen LogP contribution in [-0.2, 0) is 0 Å². The number of hydrogen-bond acceptors (Lipinski definition) is 5. The molecule has 4 aromatic rings. The highest BCUT2D eigenvalue weighted by Crippen LogP contribution is 2.20. The molecule has 0 atom stereocenters. The molecule has 0 aliphatic carbocycles. The maximum Gasteiger partial charge on any atom is 0.267 e. The number of anilines is 1. The van der Waals surface area contributed by atoms with Gasteiger partial charge in [0.2, 0.25) is 5.95 Å². The molecule has 0 unspecified atom stereocenters. The number of aromatic nitrogens is 2. The van der Waals surface area contributed by atoms with Gasteiger partial charge in [-0.25, -0.2) is 15.0 Å². The van der Waals surface area contributed by atoms with E-state index < -0.39 is 0 Å². The molecule has 3 aromatic carbocycles. The Balaban J connectivity index is 1.83. The molecule has 6 nitrogen and oxygen atoms in total. The number of hydrogen-bond donors (Lipinski definition) is 1. The standard InChI is InChI=1S/C25H24N4O2/c1-16-9-14-23(17(2)15-16)29-24(30)21-7-5-6-8-22(21)26-25(29)28-27-18(3)19-10-12-20(31-4)13-11-19/h5-15H,1-4H3,(H,26,28)/b27-18-. The fourth-order valence-corrected chi connectivity index (χ4v) is 3.52. The van der Waals surface area contributed by atoms with Crippen LogP contribution in [0.15, 0.2) is 76.6 Å². The van der Waals surface area contributed by atoms with Gasteiger partial charge in [-0.2, -0.15) is 5.10 Å². The molecule has 1 N–H and O–H groups in total. The van der Waals surface area contributed by atoms with E-state index in [1.165, 1.54) is 0 Å². The van der Waals surface area contributed by atoms with Crippen molar-refractivity contribution in [2.24, 2.45) is 5.10 Å². The molecule has 1 heterocycles. The Morgan fingerprint density at radius 2 is 1.77 bits per heavy atom. The highest BCUT2D eigenvalue weighted by atomic mass is 16.5. The Bertz CT molecular complexity index is 1340. The van der Waals surface area contributed by atoms with Crippen LogP contribution in [0.5, 0.6) is 5.75 Å². The van der Waals surface area contributed by atoms with Gasteiger partial charge >= 0.3 is 0 Å². The van der Waals surface area contributed by atoms with Crippen molar-refractivity contribution in [1.82, 2.24) is 9.55 Å². The molecule has 1 aromatic heterocycles. The number of para-hydroxylation sites is 1. The zero-order valence-electron chi connectivity index (χ0n) is 18.0. The molecule has 0 fully saturated rings. The van der Waals surface area contributed by atoms with Crippen molar-refractivity contribution in [2.75, 3.05) is 12.5 Å². The minimum Gasteiger partial charge on any atom is -0.497 e. The number of nitrogens with zero attached hydrogens (tertiary/aromatic N) is 3. The van der Waals surface area contributed by atoms with Crippen LogP contribution in [-0.4, -0.2) is 22.4 Å². The third-order valence-electron chi connectivity index (χ3n) is 5.20. The minimum atomic E-state index is -0.141. The Kier molecular flexibility index (Phi) is 5.54. The van der Waals surface area contributed by atoms with Gasteiger partial charge in [-0.3, -0.25) is 4.79 Å². The van der Waals surface area contributed by atoms with Crippen molar-refractivity contribution in [3.63, 3.8) is 0 Å². The zero-order valence-corrected chi connectivity index (χ0v) is 18.0. The van der Waals surface area contributed by atoms with Gasteiger partial charge in [0.15, 0.2) is 0 Å². The number of benzene rings is 3. The van der Waals surface area contributed by atoms with E-state index >= 15 is 0 Å². The molecule has 31 heavy (non-hydrogen) atoms. The zero-order chi connectivity index (χ0) is 22.0. The molecule has 6 heteroatoms. The Morgan fingerprint density at radius 1 is 1.03 bits per heavy atom. The van der Waals surface area contributed by atoms with Crippen LogP contribution in [0.2, 0.25) is 0 Å². The number of aryl methyl sites for hydroxylation is 2. The summed E-state index contributed by atoms with van der Waals surface area (Å²) in [6.07, 6.45) is 0. The number of ether oxygens (including phenoxy) is 1. The summed E-state index contributed by atoms with van der Waals surface area (Å²) in [7, 11) is 1.63. The lowest BCUT2D eigenvalue weighted by Gasteiger charge is -2.15. The number of methoxy groups -OCH3 is 1. The van der Waals surface area contributed by atoms with Crippen molar-refractivity contribution >= 4 is 22.6 Å². The first-order valence-corrected chi connectivity index (χ1v) is 10.0. The molecular weight excluding hydrogens is 388 g/mol. The predicted molar refractivity (Wildman–Crippen MR) is 126 cm³/mol. The second-order valence-corrected chi connectivity index (χ2v) is 7.42. The molecule has 0 amide bonds. The van der Waals surface area contributed by atoms with E-state index in [0.717, 1.165) is 33.8 Å². The summed E-state index contributed by atoms with van der Waals surface area (Å²) in [6, 6.07) is 20.9. The first-order valence-electron chi connectivity index (χ1n) is 10.0. The monoisotopic (exact) mass is 412 g/mol. The number of nitrogens with one attached hydrogen (secondary N) is 1. The van der Waals surface area contributed by atoms with Crippen LogP contribution >= 0.6 is 0 Å². The quantitative estimate of drug-likeness (QED) is 0.376. The minimum absolute atomic E-state index is 0.141. The fraction of sp³-hybridized carbons (Fsp3) is 0.160. The first kappa shape index (κ1) is 20.3. The van der Waals surface area contributed by atoms with E-state index in [0.29, 0.717) is 16.9 Å². The molecule has 0 aliphatic rings. The third kappa shape index (κ3) is 4.05. The van der Waals surface area contributed by atoms with Gasteiger partial charge in [0.25, 0.3) is 5.56 Å². The van der Waals surface area contributed by atoms with E-state index in [2.05, 4.69) is 10.5 Å². The van der Waals surface area contributed by atoms with Crippen LogP contribution in [0.1, 0.15) is 23.6 Å². The molecule has 0 spiro atoms. The van der Waals surface area contributed by atoms with Gasteiger partial charge in [0.1, 0.15) is 5.75 Å². The summed E-state index contributed by atoms with van der Waals surface area (Å²) in [5.74, 6) is 1.15. The van der Waals surface area contributed by atoms with E-state index in [1.807, 2.05) is 81.4 Å². The molecule has 0 saturated heterocycles. The summed E-state index contributed by atoms with van der Waals surface area (Å²) in [5.41, 5.74) is 8.09. The summed E-state index contributed by atoms with van der Waals surface area (Å²) >= 11 is 0. The first-order chi connectivity index (χ1) is 15.0. The lowest BCUT2D eigenvalue weighted by Crippen LogP contribution is -2.23. The molecule has 0 aliphatic heterocycles. The SMILES string of the molecule is COc1ccc(/C(C)=N\Nc2nc3ccccc3c(=O)n2-c2ccc(C)cc2C)cc1. The molecule has 156 valence electrons.